The SMILES string of the molecule is O=C(Nc1cccc(C(F)(F)F)c1)c1ccnc(/C=N/Nc2ccc(F)c(N3CCOCC3)c2)c1. The number of alkyl halides is 3. The van der Waals surface area contributed by atoms with E-state index in [9.17, 15) is 22.4 Å². The maximum atomic E-state index is 14.2. The van der Waals surface area contributed by atoms with Crippen LogP contribution in [0.3, 0.4) is 0 Å². The van der Waals surface area contributed by atoms with Gasteiger partial charge in [-0.05, 0) is 48.5 Å². The lowest BCUT2D eigenvalue weighted by molar-refractivity contribution is -0.137. The molecule has 1 aromatic heterocycles. The molecule has 2 N–H and O–H groups in total. The van der Waals surface area contributed by atoms with Crippen molar-refractivity contribution in [2.75, 3.05) is 41.9 Å². The number of aromatic nitrogens is 1. The average molecular weight is 487 g/mol. The predicted octanol–water partition coefficient (Wildman–Crippen LogP) is 4.77. The van der Waals surface area contributed by atoms with Crippen LogP contribution in [0.4, 0.5) is 34.6 Å². The molecule has 0 atom stereocenters. The highest BCUT2D eigenvalue weighted by Crippen LogP contribution is 2.30. The van der Waals surface area contributed by atoms with Gasteiger partial charge in [0.1, 0.15) is 5.82 Å². The van der Waals surface area contributed by atoms with Crippen LogP contribution < -0.4 is 15.6 Å². The van der Waals surface area contributed by atoms with Crippen molar-refractivity contribution in [3.63, 3.8) is 0 Å². The second-order valence-electron chi connectivity index (χ2n) is 7.64. The number of morpholine rings is 1. The number of nitrogens with zero attached hydrogens (tertiary/aromatic N) is 3. The van der Waals surface area contributed by atoms with E-state index in [1.165, 1.54) is 42.7 Å². The van der Waals surface area contributed by atoms with Gasteiger partial charge in [0.05, 0.1) is 42.1 Å². The first-order valence-corrected chi connectivity index (χ1v) is 10.7. The van der Waals surface area contributed by atoms with Gasteiger partial charge in [-0.2, -0.15) is 18.3 Å². The highest BCUT2D eigenvalue weighted by molar-refractivity contribution is 6.04. The fourth-order valence-electron chi connectivity index (χ4n) is 3.44. The van der Waals surface area contributed by atoms with Crippen molar-refractivity contribution in [3.8, 4) is 0 Å². The quantitative estimate of drug-likeness (QED) is 0.297. The molecule has 1 fully saturated rings. The Bertz CT molecular complexity index is 1230. The van der Waals surface area contributed by atoms with Crippen molar-refractivity contribution < 1.29 is 27.1 Å². The zero-order valence-electron chi connectivity index (χ0n) is 18.3. The molecule has 35 heavy (non-hydrogen) atoms. The number of halogens is 4. The normalized spacial score (nSPS) is 14.2. The Morgan fingerprint density at radius 3 is 2.63 bits per heavy atom. The van der Waals surface area contributed by atoms with Gasteiger partial charge >= 0.3 is 6.18 Å². The Hall–Kier alpha value is -3.99. The summed E-state index contributed by atoms with van der Waals surface area (Å²) in [4.78, 5) is 18.5. The fourth-order valence-corrected chi connectivity index (χ4v) is 3.44. The van der Waals surface area contributed by atoms with E-state index in [1.807, 2.05) is 4.90 Å². The minimum atomic E-state index is -4.51. The molecule has 1 amide bonds. The number of pyridine rings is 1. The lowest BCUT2D eigenvalue weighted by atomic mass is 10.1. The van der Waals surface area contributed by atoms with Crippen molar-refractivity contribution in [3.05, 3.63) is 83.4 Å². The van der Waals surface area contributed by atoms with Gasteiger partial charge in [0.25, 0.3) is 5.91 Å². The van der Waals surface area contributed by atoms with Crippen LogP contribution in [0.25, 0.3) is 0 Å². The van der Waals surface area contributed by atoms with Crippen molar-refractivity contribution in [2.45, 2.75) is 6.18 Å². The van der Waals surface area contributed by atoms with E-state index in [0.717, 1.165) is 12.1 Å². The van der Waals surface area contributed by atoms with Crippen LogP contribution in [0.1, 0.15) is 21.6 Å². The molecule has 7 nitrogen and oxygen atoms in total. The second kappa shape index (κ2) is 10.5. The van der Waals surface area contributed by atoms with Gasteiger partial charge in [-0.1, -0.05) is 6.07 Å². The maximum absolute atomic E-state index is 14.2. The molecule has 0 spiro atoms. The van der Waals surface area contributed by atoms with E-state index in [2.05, 4.69) is 20.8 Å². The molecule has 2 heterocycles. The molecule has 182 valence electrons. The molecule has 0 bridgehead atoms. The van der Waals surface area contributed by atoms with E-state index in [1.54, 1.807) is 12.1 Å². The molecule has 0 radical (unpaired) electrons. The number of carbonyl (C=O) groups excluding carboxylic acids is 1. The van der Waals surface area contributed by atoms with Crippen molar-refractivity contribution in [2.24, 2.45) is 5.10 Å². The lowest BCUT2D eigenvalue weighted by Crippen LogP contribution is -2.36. The Balaban J connectivity index is 1.41. The first-order chi connectivity index (χ1) is 16.8. The number of benzene rings is 2. The third kappa shape index (κ3) is 6.33. The second-order valence-corrected chi connectivity index (χ2v) is 7.64. The number of hydrogen-bond donors (Lipinski definition) is 2. The smallest absolute Gasteiger partial charge is 0.378 e. The molecule has 0 saturated carbocycles. The third-order valence-corrected chi connectivity index (χ3v) is 5.18. The maximum Gasteiger partial charge on any atom is 0.416 e. The summed E-state index contributed by atoms with van der Waals surface area (Å²) in [6.45, 7) is 2.23. The molecular formula is C24H21F4N5O2. The summed E-state index contributed by atoms with van der Waals surface area (Å²) in [5.41, 5.74) is 3.50. The number of nitrogens with one attached hydrogen (secondary N) is 2. The highest BCUT2D eigenvalue weighted by Gasteiger charge is 2.30. The van der Waals surface area contributed by atoms with Gasteiger partial charge in [0.2, 0.25) is 0 Å². The molecule has 11 heteroatoms. The molecular weight excluding hydrogens is 466 g/mol. The highest BCUT2D eigenvalue weighted by atomic mass is 19.4. The van der Waals surface area contributed by atoms with E-state index < -0.39 is 17.6 Å². The summed E-state index contributed by atoms with van der Waals surface area (Å²) in [6, 6.07) is 11.8. The summed E-state index contributed by atoms with van der Waals surface area (Å²) < 4.78 is 58.2. The van der Waals surface area contributed by atoms with Gasteiger partial charge in [-0.15, -0.1) is 0 Å². The average Bonchev–Trinajstić information content (AvgIpc) is 2.85. The number of hydrazone groups is 1. The van der Waals surface area contributed by atoms with Crippen molar-refractivity contribution in [1.29, 1.82) is 0 Å². The molecule has 2 aromatic carbocycles. The number of ether oxygens (including phenoxy) is 1. The van der Waals surface area contributed by atoms with Crippen LogP contribution >= 0.6 is 0 Å². The Kier molecular flexibility index (Phi) is 7.25. The van der Waals surface area contributed by atoms with Crippen LogP contribution in [0.15, 0.2) is 65.9 Å². The lowest BCUT2D eigenvalue weighted by Gasteiger charge is -2.29. The number of rotatable bonds is 6. The van der Waals surface area contributed by atoms with Gasteiger partial charge < -0.3 is 15.0 Å². The number of carbonyl (C=O) groups is 1. The standard InChI is InChI=1S/C24H21F4N5O2/c25-21-5-4-19(14-22(21)33-8-10-35-11-9-33)32-30-15-20-12-16(6-7-29-20)23(34)31-18-3-1-2-17(13-18)24(26,27)28/h1-7,12-15,32H,8-11H2,(H,31,34)/b30-15+. The van der Waals surface area contributed by atoms with Crippen molar-refractivity contribution >= 4 is 29.2 Å². The number of hydrogen-bond acceptors (Lipinski definition) is 6. The summed E-state index contributed by atoms with van der Waals surface area (Å²) in [6.07, 6.45) is -1.75. The molecule has 4 rings (SSSR count). The predicted molar refractivity (Wildman–Crippen MR) is 124 cm³/mol. The Morgan fingerprint density at radius 2 is 1.86 bits per heavy atom. The topological polar surface area (TPSA) is 78.8 Å². The van der Waals surface area contributed by atoms with Crippen LogP contribution in [-0.4, -0.2) is 43.4 Å². The van der Waals surface area contributed by atoms with Crippen LogP contribution in [0.5, 0.6) is 0 Å². The van der Waals surface area contributed by atoms with E-state index in [0.29, 0.717) is 43.4 Å². The summed E-state index contributed by atoms with van der Waals surface area (Å²) in [5.74, 6) is -0.939. The van der Waals surface area contributed by atoms with Gasteiger partial charge in [0.15, 0.2) is 0 Å². The third-order valence-electron chi connectivity index (χ3n) is 5.18. The van der Waals surface area contributed by atoms with Gasteiger partial charge in [-0.25, -0.2) is 4.39 Å². The zero-order valence-corrected chi connectivity index (χ0v) is 18.3. The molecule has 1 saturated heterocycles. The van der Waals surface area contributed by atoms with Crippen LogP contribution in [0, 0.1) is 5.82 Å². The van der Waals surface area contributed by atoms with Gasteiger partial charge in [0, 0.05) is 30.5 Å². The monoisotopic (exact) mass is 487 g/mol. The summed E-state index contributed by atoms with van der Waals surface area (Å²) in [5, 5.41) is 6.54. The molecule has 3 aromatic rings. The first kappa shape index (κ1) is 24.1. The summed E-state index contributed by atoms with van der Waals surface area (Å²) >= 11 is 0. The fraction of sp³-hybridized carbons (Fsp3) is 0.208. The van der Waals surface area contributed by atoms with Crippen molar-refractivity contribution in [1.82, 2.24) is 4.98 Å². The first-order valence-electron chi connectivity index (χ1n) is 10.7. The Labute approximate surface area is 198 Å². The molecule has 0 unspecified atom stereocenters. The van der Waals surface area contributed by atoms with Crippen LogP contribution in [-0.2, 0) is 10.9 Å². The molecule has 1 aliphatic heterocycles. The Morgan fingerprint density at radius 1 is 1.06 bits per heavy atom. The van der Waals surface area contributed by atoms with E-state index in [4.69, 9.17) is 4.74 Å². The number of anilines is 3. The van der Waals surface area contributed by atoms with E-state index in [-0.39, 0.29) is 17.1 Å². The van der Waals surface area contributed by atoms with Crippen LogP contribution in [0.2, 0.25) is 0 Å². The molecule has 1 aliphatic rings. The molecule has 0 aliphatic carbocycles. The zero-order chi connectivity index (χ0) is 24.8. The largest absolute Gasteiger partial charge is 0.416 e. The van der Waals surface area contributed by atoms with Gasteiger partial charge in [-0.3, -0.25) is 15.2 Å². The number of amides is 1. The minimum absolute atomic E-state index is 0.0194. The van der Waals surface area contributed by atoms with E-state index >= 15 is 0 Å². The minimum Gasteiger partial charge on any atom is -0.378 e. The summed E-state index contributed by atoms with van der Waals surface area (Å²) in [7, 11) is 0.